The van der Waals surface area contributed by atoms with Crippen LogP contribution in [0.5, 0.6) is 0 Å². The Bertz CT molecular complexity index is 1460. The number of nitrogens with zero attached hydrogens (tertiary/aromatic N) is 5. The minimum Gasteiger partial charge on any atom is -0.463 e. The number of allylic oxidation sites excluding steroid dienone is 1. The zero-order valence-corrected chi connectivity index (χ0v) is 21.8. The highest BCUT2D eigenvalue weighted by atomic mass is 32.1. The smallest absolute Gasteiger partial charge is 0.338 e. The van der Waals surface area contributed by atoms with Gasteiger partial charge in [-0.15, -0.1) is 0 Å². The number of aryl methyl sites for hydroxylation is 1. The molecule has 2 aromatic heterocycles. The van der Waals surface area contributed by atoms with Crippen LogP contribution in [0.1, 0.15) is 50.6 Å². The Hall–Kier alpha value is -3.46. The van der Waals surface area contributed by atoms with E-state index in [-0.39, 0.29) is 12.2 Å². The van der Waals surface area contributed by atoms with Crippen LogP contribution in [0.3, 0.4) is 0 Å². The topological polar surface area (TPSA) is 81.7 Å². The molecule has 4 rings (SSSR count). The molecular formula is C26H31N5O3S. The molecule has 0 saturated carbocycles. The SMILES string of the molecule is CCOC(=O)C1=C(C)N=c2s/c(=C/c3cnn(C)c3C)c(=O)n2[C@H]1c1ccc(N(CC)CC)cc1. The monoisotopic (exact) mass is 493 g/mol. The summed E-state index contributed by atoms with van der Waals surface area (Å²) in [5, 5.41) is 4.27. The Balaban J connectivity index is 1.91. The van der Waals surface area contributed by atoms with Crippen LogP contribution in [0.2, 0.25) is 0 Å². The largest absolute Gasteiger partial charge is 0.463 e. The minimum absolute atomic E-state index is 0.191. The number of esters is 1. The second-order valence-electron chi connectivity index (χ2n) is 8.38. The number of anilines is 1. The average Bonchev–Trinajstić information content (AvgIpc) is 3.32. The van der Waals surface area contributed by atoms with Crippen LogP contribution in [0.15, 0.2) is 51.5 Å². The molecule has 1 aliphatic rings. The molecule has 0 unspecified atom stereocenters. The Labute approximate surface area is 208 Å². The first kappa shape index (κ1) is 24.7. The summed E-state index contributed by atoms with van der Waals surface area (Å²) in [4.78, 5) is 34.2. The molecule has 9 heteroatoms. The maximum atomic E-state index is 13.7. The first-order chi connectivity index (χ1) is 16.8. The lowest BCUT2D eigenvalue weighted by Gasteiger charge is -2.26. The van der Waals surface area contributed by atoms with Crippen molar-refractivity contribution in [2.75, 3.05) is 24.6 Å². The first-order valence-electron chi connectivity index (χ1n) is 11.8. The van der Waals surface area contributed by atoms with Crippen LogP contribution in [-0.2, 0) is 16.6 Å². The number of rotatable bonds is 7. The lowest BCUT2D eigenvalue weighted by molar-refractivity contribution is -0.139. The molecule has 0 saturated heterocycles. The van der Waals surface area contributed by atoms with E-state index in [2.05, 4.69) is 28.8 Å². The molecule has 8 nitrogen and oxygen atoms in total. The summed E-state index contributed by atoms with van der Waals surface area (Å²) >= 11 is 1.32. The van der Waals surface area contributed by atoms with Gasteiger partial charge in [-0.3, -0.25) is 14.0 Å². The van der Waals surface area contributed by atoms with Crippen molar-refractivity contribution in [1.29, 1.82) is 0 Å². The standard InChI is InChI=1S/C26H31N5O3S/c1-7-30(8-2)20-12-10-18(11-13-20)23-22(25(33)34-9-3)16(4)28-26-31(23)24(32)21(35-26)14-19-15-27-29(6)17(19)5/h10-15,23H,7-9H2,1-6H3/b21-14+/t23-/m0/s1. The van der Waals surface area contributed by atoms with Crippen molar-refractivity contribution in [1.82, 2.24) is 14.3 Å². The van der Waals surface area contributed by atoms with Crippen LogP contribution < -0.4 is 19.8 Å². The highest BCUT2D eigenvalue weighted by molar-refractivity contribution is 7.07. The number of thiazole rings is 1. The number of aromatic nitrogens is 3. The molecule has 0 aliphatic carbocycles. The zero-order chi connectivity index (χ0) is 25.3. The van der Waals surface area contributed by atoms with Gasteiger partial charge in [-0.05, 0) is 58.4 Å². The quantitative estimate of drug-likeness (QED) is 0.473. The van der Waals surface area contributed by atoms with Gasteiger partial charge in [0.05, 0.1) is 34.6 Å². The number of carbonyl (C=O) groups is 1. The molecule has 0 bridgehead atoms. The molecule has 1 atom stereocenters. The lowest BCUT2D eigenvalue weighted by Crippen LogP contribution is -2.40. The van der Waals surface area contributed by atoms with Crippen molar-refractivity contribution in [2.45, 2.75) is 40.7 Å². The third-order valence-electron chi connectivity index (χ3n) is 6.41. The summed E-state index contributed by atoms with van der Waals surface area (Å²) in [7, 11) is 1.87. The molecule has 184 valence electrons. The molecule has 3 aromatic rings. The number of carbonyl (C=O) groups excluding carboxylic acids is 1. The number of hydrogen-bond acceptors (Lipinski definition) is 7. The molecule has 0 radical (unpaired) electrons. The number of hydrogen-bond donors (Lipinski definition) is 0. The fourth-order valence-electron chi connectivity index (χ4n) is 4.36. The van der Waals surface area contributed by atoms with Crippen molar-refractivity contribution in [2.24, 2.45) is 12.0 Å². The Morgan fingerprint density at radius 2 is 1.86 bits per heavy atom. The van der Waals surface area contributed by atoms with E-state index in [0.29, 0.717) is 20.6 Å². The van der Waals surface area contributed by atoms with Crippen LogP contribution in [0, 0.1) is 6.92 Å². The number of benzene rings is 1. The van der Waals surface area contributed by atoms with E-state index in [1.54, 1.807) is 29.3 Å². The van der Waals surface area contributed by atoms with Crippen LogP contribution in [0.25, 0.3) is 6.08 Å². The van der Waals surface area contributed by atoms with E-state index in [4.69, 9.17) is 4.74 Å². The number of ether oxygens (including phenoxy) is 1. The summed E-state index contributed by atoms with van der Waals surface area (Å²) in [5.41, 5.74) is 4.52. The molecule has 0 fully saturated rings. The number of fused-ring (bicyclic) bond motifs is 1. The maximum absolute atomic E-state index is 13.7. The van der Waals surface area contributed by atoms with Crippen molar-refractivity contribution < 1.29 is 9.53 Å². The Morgan fingerprint density at radius 1 is 1.17 bits per heavy atom. The van der Waals surface area contributed by atoms with Gasteiger partial charge >= 0.3 is 5.97 Å². The van der Waals surface area contributed by atoms with Gasteiger partial charge in [-0.25, -0.2) is 9.79 Å². The molecule has 1 aliphatic heterocycles. The van der Waals surface area contributed by atoms with E-state index in [1.165, 1.54) is 11.3 Å². The van der Waals surface area contributed by atoms with Crippen LogP contribution >= 0.6 is 11.3 Å². The average molecular weight is 494 g/mol. The third kappa shape index (κ3) is 4.48. The van der Waals surface area contributed by atoms with Gasteiger partial charge in [-0.1, -0.05) is 23.5 Å². The molecule has 3 heterocycles. The zero-order valence-electron chi connectivity index (χ0n) is 21.0. The lowest BCUT2D eigenvalue weighted by atomic mass is 9.95. The second-order valence-corrected chi connectivity index (χ2v) is 9.38. The third-order valence-corrected chi connectivity index (χ3v) is 7.40. The predicted molar refractivity (Wildman–Crippen MR) is 138 cm³/mol. The summed E-state index contributed by atoms with van der Waals surface area (Å²) in [5.74, 6) is -0.455. The Morgan fingerprint density at radius 3 is 2.43 bits per heavy atom. The normalized spacial score (nSPS) is 15.7. The van der Waals surface area contributed by atoms with Gasteiger partial charge < -0.3 is 9.64 Å². The van der Waals surface area contributed by atoms with Crippen molar-refractivity contribution in [3.8, 4) is 0 Å². The van der Waals surface area contributed by atoms with E-state index in [1.807, 2.05) is 44.3 Å². The summed E-state index contributed by atoms with van der Waals surface area (Å²) in [6.45, 7) is 11.8. The van der Waals surface area contributed by atoms with E-state index in [9.17, 15) is 9.59 Å². The van der Waals surface area contributed by atoms with E-state index < -0.39 is 12.0 Å². The highest BCUT2D eigenvalue weighted by Crippen LogP contribution is 2.31. The summed E-state index contributed by atoms with van der Waals surface area (Å²) < 4.78 is 9.31. The fourth-order valence-corrected chi connectivity index (χ4v) is 5.40. The predicted octanol–water partition coefficient (Wildman–Crippen LogP) is 2.69. The van der Waals surface area contributed by atoms with Gasteiger partial charge in [0.25, 0.3) is 5.56 Å². The fraction of sp³-hybridized carbons (Fsp3) is 0.385. The van der Waals surface area contributed by atoms with Crippen LogP contribution in [0.4, 0.5) is 5.69 Å². The van der Waals surface area contributed by atoms with Gasteiger partial charge in [0.2, 0.25) is 0 Å². The maximum Gasteiger partial charge on any atom is 0.338 e. The van der Waals surface area contributed by atoms with Gasteiger partial charge in [0.1, 0.15) is 0 Å². The highest BCUT2D eigenvalue weighted by Gasteiger charge is 2.33. The Kier molecular flexibility index (Phi) is 7.07. The van der Waals surface area contributed by atoms with Gasteiger partial charge in [0.15, 0.2) is 4.80 Å². The summed E-state index contributed by atoms with van der Waals surface area (Å²) in [6, 6.07) is 7.43. The van der Waals surface area contributed by atoms with E-state index >= 15 is 0 Å². The molecule has 1 aromatic carbocycles. The van der Waals surface area contributed by atoms with E-state index in [0.717, 1.165) is 35.6 Å². The first-order valence-corrected chi connectivity index (χ1v) is 12.6. The van der Waals surface area contributed by atoms with Crippen LogP contribution in [-0.4, -0.2) is 40.0 Å². The second kappa shape index (κ2) is 10.0. The van der Waals surface area contributed by atoms with Crippen molar-refractivity contribution in [3.05, 3.63) is 78.2 Å². The molecule has 0 amide bonds. The van der Waals surface area contributed by atoms with Gasteiger partial charge in [-0.2, -0.15) is 5.10 Å². The molecule has 0 N–H and O–H groups in total. The minimum atomic E-state index is -0.617. The van der Waals surface area contributed by atoms with Crippen molar-refractivity contribution in [3.63, 3.8) is 0 Å². The van der Waals surface area contributed by atoms with Gasteiger partial charge in [0, 0.05) is 37.1 Å². The van der Waals surface area contributed by atoms with Crippen molar-refractivity contribution >= 4 is 29.1 Å². The molecular weight excluding hydrogens is 462 g/mol. The molecule has 35 heavy (non-hydrogen) atoms. The summed E-state index contributed by atoms with van der Waals surface area (Å²) in [6.07, 6.45) is 3.59. The molecule has 0 spiro atoms.